The van der Waals surface area contributed by atoms with Crippen molar-refractivity contribution in [3.05, 3.63) is 102 Å². The van der Waals surface area contributed by atoms with Gasteiger partial charge in [-0.2, -0.15) is 0 Å². The van der Waals surface area contributed by atoms with E-state index in [-0.39, 0.29) is 19.8 Å². The fraction of sp³-hybridized carbons (Fsp3) is 0.357. The maximum absolute atomic E-state index is 11.1. The Balaban J connectivity index is 1.42. The highest BCUT2D eigenvalue weighted by molar-refractivity contribution is 5.26. The minimum atomic E-state index is -1.28. The first-order valence-electron chi connectivity index (χ1n) is 11.7. The molecule has 186 valence electrons. The Morgan fingerprint density at radius 1 is 0.686 bits per heavy atom. The highest BCUT2D eigenvalue weighted by Crippen LogP contribution is 2.27. The minimum Gasteiger partial charge on any atom is -0.497 e. The molecule has 3 aromatic rings. The molecular weight excluding hydrogens is 448 g/mol. The van der Waals surface area contributed by atoms with E-state index < -0.39 is 30.7 Å². The Morgan fingerprint density at radius 2 is 1.23 bits per heavy atom. The molecule has 1 fully saturated rings. The van der Waals surface area contributed by atoms with Crippen molar-refractivity contribution >= 4 is 0 Å². The smallest absolute Gasteiger partial charge is 0.184 e. The summed E-state index contributed by atoms with van der Waals surface area (Å²) in [5, 5.41) is 21.9. The second-order valence-corrected chi connectivity index (χ2v) is 8.44. The van der Waals surface area contributed by atoms with Crippen LogP contribution in [-0.4, -0.2) is 54.6 Å². The fourth-order valence-electron chi connectivity index (χ4n) is 3.96. The van der Waals surface area contributed by atoms with Crippen LogP contribution >= 0.6 is 0 Å². The van der Waals surface area contributed by atoms with E-state index in [1.807, 2.05) is 84.9 Å². The van der Waals surface area contributed by atoms with Crippen LogP contribution in [0.1, 0.15) is 16.7 Å². The number of ether oxygens (including phenoxy) is 5. The third-order valence-electron chi connectivity index (χ3n) is 5.92. The number of hydrogen-bond donors (Lipinski definition) is 2. The van der Waals surface area contributed by atoms with E-state index in [0.717, 1.165) is 22.4 Å². The predicted molar refractivity (Wildman–Crippen MR) is 130 cm³/mol. The van der Waals surface area contributed by atoms with E-state index in [1.165, 1.54) is 0 Å². The summed E-state index contributed by atoms with van der Waals surface area (Å²) in [6.45, 7) is 0.938. The predicted octanol–water partition coefficient (Wildman–Crippen LogP) is 3.46. The number of benzene rings is 3. The van der Waals surface area contributed by atoms with Crippen LogP contribution in [0.3, 0.4) is 0 Å². The van der Waals surface area contributed by atoms with E-state index >= 15 is 0 Å². The van der Waals surface area contributed by atoms with Gasteiger partial charge in [0.05, 0.1) is 33.5 Å². The van der Waals surface area contributed by atoms with Gasteiger partial charge in [0.1, 0.15) is 30.2 Å². The zero-order valence-electron chi connectivity index (χ0n) is 19.7. The van der Waals surface area contributed by atoms with Crippen LogP contribution in [0.5, 0.6) is 5.75 Å². The first-order valence-corrected chi connectivity index (χ1v) is 11.7. The van der Waals surface area contributed by atoms with Gasteiger partial charge in [0.25, 0.3) is 0 Å². The third kappa shape index (κ3) is 7.11. The lowest BCUT2D eigenvalue weighted by molar-refractivity contribution is -0.309. The van der Waals surface area contributed by atoms with Crippen LogP contribution in [0.2, 0.25) is 0 Å². The Kier molecular flexibility index (Phi) is 9.25. The molecule has 0 radical (unpaired) electrons. The van der Waals surface area contributed by atoms with Crippen LogP contribution in [-0.2, 0) is 38.8 Å². The van der Waals surface area contributed by atoms with Gasteiger partial charge < -0.3 is 33.9 Å². The van der Waals surface area contributed by atoms with E-state index in [4.69, 9.17) is 23.7 Å². The molecule has 0 aliphatic carbocycles. The fourth-order valence-corrected chi connectivity index (χ4v) is 3.96. The standard InChI is InChI=1S/C28H32O7/c1-31-23-14-12-22(13-15-23)18-33-26-25(29)24(19-32-16-20-8-4-2-5-9-20)35-28(30)27(26)34-17-21-10-6-3-7-11-21/h2-15,24-30H,16-19H2,1H3/t24-,25+,26+,27-,28-/m1/s1. The maximum atomic E-state index is 11.1. The molecule has 0 spiro atoms. The molecule has 1 saturated heterocycles. The molecule has 0 saturated carbocycles. The van der Waals surface area contributed by atoms with E-state index in [1.54, 1.807) is 7.11 Å². The first kappa shape index (κ1) is 25.3. The summed E-state index contributed by atoms with van der Waals surface area (Å²) in [4.78, 5) is 0. The molecule has 0 bridgehead atoms. The summed E-state index contributed by atoms with van der Waals surface area (Å²) in [5.41, 5.74) is 2.85. The van der Waals surface area contributed by atoms with Crippen molar-refractivity contribution in [3.63, 3.8) is 0 Å². The zero-order valence-corrected chi connectivity index (χ0v) is 19.7. The van der Waals surface area contributed by atoms with Gasteiger partial charge in [-0.15, -0.1) is 0 Å². The van der Waals surface area contributed by atoms with Crippen molar-refractivity contribution in [2.75, 3.05) is 13.7 Å². The lowest BCUT2D eigenvalue weighted by Crippen LogP contribution is -2.60. The van der Waals surface area contributed by atoms with Gasteiger partial charge in [-0.3, -0.25) is 0 Å². The number of aliphatic hydroxyl groups is 2. The van der Waals surface area contributed by atoms with E-state index in [9.17, 15) is 10.2 Å². The van der Waals surface area contributed by atoms with Gasteiger partial charge in [-0.1, -0.05) is 72.8 Å². The highest BCUT2D eigenvalue weighted by Gasteiger charge is 2.46. The first-order chi connectivity index (χ1) is 17.1. The number of methoxy groups -OCH3 is 1. The summed E-state index contributed by atoms with van der Waals surface area (Å²) in [6.07, 6.45) is -4.82. The molecule has 0 aromatic heterocycles. The summed E-state index contributed by atoms with van der Waals surface area (Å²) < 4.78 is 28.8. The molecule has 0 amide bonds. The van der Waals surface area contributed by atoms with Gasteiger partial charge >= 0.3 is 0 Å². The molecule has 2 N–H and O–H groups in total. The highest BCUT2D eigenvalue weighted by atomic mass is 16.7. The lowest BCUT2D eigenvalue weighted by atomic mass is 9.98. The number of rotatable bonds is 11. The normalized spacial score (nSPS) is 24.3. The van der Waals surface area contributed by atoms with Gasteiger partial charge in [-0.05, 0) is 28.8 Å². The van der Waals surface area contributed by atoms with E-state index in [2.05, 4.69) is 0 Å². The Labute approximate surface area is 205 Å². The second-order valence-electron chi connectivity index (χ2n) is 8.44. The third-order valence-corrected chi connectivity index (χ3v) is 5.92. The molecule has 35 heavy (non-hydrogen) atoms. The summed E-state index contributed by atoms with van der Waals surface area (Å²) >= 11 is 0. The minimum absolute atomic E-state index is 0.0981. The van der Waals surface area contributed by atoms with Crippen molar-refractivity contribution in [2.45, 2.75) is 50.5 Å². The van der Waals surface area contributed by atoms with Crippen LogP contribution < -0.4 is 4.74 Å². The maximum Gasteiger partial charge on any atom is 0.184 e. The Hall–Kier alpha value is -2.78. The van der Waals surface area contributed by atoms with Crippen LogP contribution in [0, 0.1) is 0 Å². The lowest BCUT2D eigenvalue weighted by Gasteiger charge is -2.42. The molecule has 5 atom stereocenters. The molecule has 7 heteroatoms. The van der Waals surface area contributed by atoms with Crippen LogP contribution in [0.15, 0.2) is 84.9 Å². The average Bonchev–Trinajstić information content (AvgIpc) is 2.90. The molecule has 1 aliphatic rings. The molecule has 3 aromatic carbocycles. The van der Waals surface area contributed by atoms with Crippen molar-refractivity contribution in [2.24, 2.45) is 0 Å². The van der Waals surface area contributed by atoms with Gasteiger partial charge in [0.15, 0.2) is 6.29 Å². The van der Waals surface area contributed by atoms with Gasteiger partial charge in [0, 0.05) is 0 Å². The van der Waals surface area contributed by atoms with E-state index in [0.29, 0.717) is 6.61 Å². The Bertz CT molecular complexity index is 997. The summed E-state index contributed by atoms with van der Waals surface area (Å²) in [5.74, 6) is 0.745. The molecule has 7 nitrogen and oxygen atoms in total. The Morgan fingerprint density at radius 3 is 1.83 bits per heavy atom. The van der Waals surface area contributed by atoms with Gasteiger partial charge in [-0.25, -0.2) is 0 Å². The molecule has 0 unspecified atom stereocenters. The largest absolute Gasteiger partial charge is 0.497 e. The molecule has 4 rings (SSSR count). The summed E-state index contributed by atoms with van der Waals surface area (Å²) in [6, 6.07) is 26.8. The number of aliphatic hydroxyl groups excluding tert-OH is 2. The van der Waals surface area contributed by atoms with Crippen molar-refractivity contribution in [1.29, 1.82) is 0 Å². The quantitative estimate of drug-likeness (QED) is 0.435. The van der Waals surface area contributed by atoms with Crippen LogP contribution in [0.25, 0.3) is 0 Å². The van der Waals surface area contributed by atoms with Crippen molar-refractivity contribution in [1.82, 2.24) is 0 Å². The SMILES string of the molecule is COc1ccc(CO[C@H]2[C@@H](O)[C@@H](COCc3ccccc3)O[C@@H](O)[C@@H]2OCc2ccccc2)cc1. The van der Waals surface area contributed by atoms with Gasteiger partial charge in [0.2, 0.25) is 0 Å². The molecular formula is C28H32O7. The van der Waals surface area contributed by atoms with Crippen molar-refractivity contribution in [3.8, 4) is 5.75 Å². The molecule has 1 heterocycles. The number of hydrogen-bond acceptors (Lipinski definition) is 7. The van der Waals surface area contributed by atoms with Crippen LogP contribution in [0.4, 0.5) is 0 Å². The average molecular weight is 481 g/mol. The second kappa shape index (κ2) is 12.8. The topological polar surface area (TPSA) is 86.6 Å². The molecule has 1 aliphatic heterocycles. The van der Waals surface area contributed by atoms with Crippen molar-refractivity contribution < 1.29 is 33.9 Å². The summed E-state index contributed by atoms with van der Waals surface area (Å²) in [7, 11) is 1.61. The monoisotopic (exact) mass is 480 g/mol. The zero-order chi connectivity index (χ0) is 24.5.